The topological polar surface area (TPSA) is 97.3 Å². The summed E-state index contributed by atoms with van der Waals surface area (Å²) in [6.45, 7) is 5.33. The number of carbonyl (C=O) groups excluding carboxylic acids is 3. The summed E-state index contributed by atoms with van der Waals surface area (Å²) in [7, 11) is 0. The fraction of sp³-hybridized carbons (Fsp3) is 0.353. The molecule has 1 atom stereocenters. The van der Waals surface area contributed by atoms with Gasteiger partial charge in [0.25, 0.3) is 0 Å². The van der Waals surface area contributed by atoms with Crippen molar-refractivity contribution in [2.75, 3.05) is 25.1 Å². The molecule has 0 saturated carbocycles. The van der Waals surface area contributed by atoms with E-state index in [4.69, 9.17) is 14.5 Å². The number of thioether (sulfide) groups is 1. The molecule has 1 aliphatic heterocycles. The van der Waals surface area contributed by atoms with E-state index in [-0.39, 0.29) is 18.2 Å². The molecule has 1 heterocycles. The zero-order chi connectivity index (χ0) is 30.4. The van der Waals surface area contributed by atoms with E-state index in [0.717, 1.165) is 24.2 Å². The zero-order valence-corrected chi connectivity index (χ0v) is 25.6. The van der Waals surface area contributed by atoms with Gasteiger partial charge in [-0.3, -0.25) is 14.5 Å². The Morgan fingerprint density at radius 3 is 2.40 bits per heavy atom. The number of aliphatic imine (C=N–C) groups is 1. The molecular weight excluding hydrogens is 562 g/mol. The van der Waals surface area contributed by atoms with Crippen molar-refractivity contribution in [1.29, 1.82) is 0 Å². The number of nitrogens with one attached hydrogen (secondary N) is 1. The Kier molecular flexibility index (Phi) is 12.2. The van der Waals surface area contributed by atoms with Gasteiger partial charge in [-0.15, -0.1) is 0 Å². The highest BCUT2D eigenvalue weighted by Gasteiger charge is 2.35. The third kappa shape index (κ3) is 9.71. The lowest BCUT2D eigenvalue weighted by Gasteiger charge is -2.32. The van der Waals surface area contributed by atoms with E-state index in [1.165, 1.54) is 24.6 Å². The van der Waals surface area contributed by atoms with Gasteiger partial charge in [-0.25, -0.2) is 9.79 Å². The van der Waals surface area contributed by atoms with Crippen LogP contribution in [0.3, 0.4) is 0 Å². The number of nitrogens with zero attached hydrogens (tertiary/aromatic N) is 2. The van der Waals surface area contributed by atoms with Crippen LogP contribution < -0.4 is 10.1 Å². The van der Waals surface area contributed by atoms with Gasteiger partial charge in [0, 0.05) is 18.7 Å². The van der Waals surface area contributed by atoms with Gasteiger partial charge in [-0.2, -0.15) is 0 Å². The summed E-state index contributed by atoms with van der Waals surface area (Å²) >= 11 is 1.27. The molecule has 0 aliphatic carbocycles. The summed E-state index contributed by atoms with van der Waals surface area (Å²) in [5.41, 5.74) is 2.73. The number of ether oxygens (including phenoxy) is 2. The van der Waals surface area contributed by atoms with Crippen LogP contribution >= 0.6 is 11.8 Å². The Hall–Kier alpha value is -4.11. The van der Waals surface area contributed by atoms with Gasteiger partial charge in [0.15, 0.2) is 5.17 Å². The number of hydrogen-bond donors (Lipinski definition) is 1. The van der Waals surface area contributed by atoms with Crippen LogP contribution in [0.2, 0.25) is 0 Å². The first-order valence-electron chi connectivity index (χ1n) is 14.9. The SMILES string of the molecule is CCCCCCOc1ccc(NC(=O)C2CC(=O)N(CCc3ccccc3)C(=Nc3ccc(C(=O)OCC)cc3)S2)cc1. The van der Waals surface area contributed by atoms with E-state index in [9.17, 15) is 14.4 Å². The van der Waals surface area contributed by atoms with Crippen molar-refractivity contribution in [3.63, 3.8) is 0 Å². The van der Waals surface area contributed by atoms with Crippen molar-refractivity contribution in [3.05, 3.63) is 90.0 Å². The van der Waals surface area contributed by atoms with E-state index >= 15 is 0 Å². The lowest BCUT2D eigenvalue weighted by Crippen LogP contribution is -2.46. The van der Waals surface area contributed by atoms with Crippen molar-refractivity contribution < 1.29 is 23.9 Å². The average Bonchev–Trinajstić information content (AvgIpc) is 3.02. The minimum atomic E-state index is -0.646. The molecule has 226 valence electrons. The maximum atomic E-state index is 13.4. The number of hydrogen-bond acceptors (Lipinski definition) is 7. The Morgan fingerprint density at radius 1 is 0.953 bits per heavy atom. The molecule has 0 aromatic heterocycles. The third-order valence-electron chi connectivity index (χ3n) is 6.89. The normalized spacial score (nSPS) is 15.8. The number of amides is 2. The Labute approximate surface area is 257 Å². The van der Waals surface area contributed by atoms with Crippen molar-refractivity contribution in [3.8, 4) is 5.75 Å². The van der Waals surface area contributed by atoms with E-state index in [2.05, 4.69) is 12.2 Å². The number of anilines is 1. The maximum absolute atomic E-state index is 13.4. The second-order valence-corrected chi connectivity index (χ2v) is 11.3. The number of unbranched alkanes of at least 4 members (excludes halogenated alkanes) is 3. The van der Waals surface area contributed by atoms with E-state index in [0.29, 0.717) is 48.3 Å². The van der Waals surface area contributed by atoms with Crippen LogP contribution in [0.5, 0.6) is 5.75 Å². The monoisotopic (exact) mass is 601 g/mol. The van der Waals surface area contributed by atoms with Crippen molar-refractivity contribution in [1.82, 2.24) is 4.90 Å². The van der Waals surface area contributed by atoms with Crippen LogP contribution in [0.1, 0.15) is 61.9 Å². The molecule has 1 saturated heterocycles. The molecule has 3 aromatic carbocycles. The molecule has 4 rings (SSSR count). The first-order chi connectivity index (χ1) is 21.0. The summed E-state index contributed by atoms with van der Waals surface area (Å²) in [4.78, 5) is 45.1. The van der Waals surface area contributed by atoms with Crippen LogP contribution in [-0.4, -0.2) is 52.9 Å². The Balaban J connectivity index is 1.45. The standard InChI is InChI=1S/C34H39N3O5S/c1-3-5-6-10-23-42-29-19-17-27(18-20-29)35-32(39)30-24-31(38)37(22-21-25-11-8-7-9-12-25)34(43-30)36-28-15-13-26(14-16-28)33(40)41-4-2/h7-9,11-20,30H,3-6,10,21-24H2,1-2H3,(H,35,39). The maximum Gasteiger partial charge on any atom is 0.338 e. The minimum absolute atomic E-state index is 0.0606. The molecule has 0 bridgehead atoms. The number of rotatable bonds is 14. The lowest BCUT2D eigenvalue weighted by molar-refractivity contribution is -0.129. The molecule has 9 heteroatoms. The Morgan fingerprint density at radius 2 is 1.70 bits per heavy atom. The molecule has 1 aliphatic rings. The smallest absolute Gasteiger partial charge is 0.338 e. The number of carbonyl (C=O) groups is 3. The van der Waals surface area contributed by atoms with E-state index in [1.54, 1.807) is 48.2 Å². The quantitative estimate of drug-likeness (QED) is 0.157. The predicted molar refractivity (Wildman–Crippen MR) is 172 cm³/mol. The molecular formula is C34H39N3O5S. The van der Waals surface area contributed by atoms with Crippen LogP contribution in [-0.2, 0) is 20.7 Å². The van der Waals surface area contributed by atoms with Gasteiger partial charge in [0.1, 0.15) is 11.0 Å². The van der Waals surface area contributed by atoms with Gasteiger partial charge in [-0.05, 0) is 73.9 Å². The van der Waals surface area contributed by atoms with Crippen molar-refractivity contribution >= 4 is 46.1 Å². The van der Waals surface area contributed by atoms with Crippen molar-refractivity contribution in [2.24, 2.45) is 4.99 Å². The highest BCUT2D eigenvalue weighted by molar-refractivity contribution is 8.15. The molecule has 1 unspecified atom stereocenters. The predicted octanol–water partition coefficient (Wildman–Crippen LogP) is 7.03. The minimum Gasteiger partial charge on any atom is -0.494 e. The molecule has 0 radical (unpaired) electrons. The molecule has 8 nitrogen and oxygen atoms in total. The van der Waals surface area contributed by atoms with E-state index in [1.807, 2.05) is 42.5 Å². The van der Waals surface area contributed by atoms with Crippen LogP contribution in [0.15, 0.2) is 83.9 Å². The fourth-order valence-corrected chi connectivity index (χ4v) is 5.64. The molecule has 1 fully saturated rings. The highest BCUT2D eigenvalue weighted by atomic mass is 32.2. The average molecular weight is 602 g/mol. The van der Waals surface area contributed by atoms with E-state index < -0.39 is 11.2 Å². The fourth-order valence-electron chi connectivity index (χ4n) is 4.52. The summed E-state index contributed by atoms with van der Waals surface area (Å²) < 4.78 is 10.9. The lowest BCUT2D eigenvalue weighted by atomic mass is 10.1. The summed E-state index contributed by atoms with van der Waals surface area (Å²) in [5, 5.41) is 2.74. The molecule has 1 N–H and O–H groups in total. The Bertz CT molecular complexity index is 1380. The van der Waals surface area contributed by atoms with Crippen molar-refractivity contribution in [2.45, 2.75) is 57.6 Å². The molecule has 3 aromatic rings. The van der Waals surface area contributed by atoms with Crippen LogP contribution in [0.25, 0.3) is 0 Å². The molecule has 2 amide bonds. The first-order valence-corrected chi connectivity index (χ1v) is 15.7. The summed E-state index contributed by atoms with van der Waals surface area (Å²) in [6.07, 6.45) is 5.26. The van der Waals surface area contributed by atoms with Gasteiger partial charge >= 0.3 is 5.97 Å². The number of esters is 1. The van der Waals surface area contributed by atoms with Crippen LogP contribution in [0, 0.1) is 0 Å². The number of benzene rings is 3. The summed E-state index contributed by atoms with van der Waals surface area (Å²) in [6, 6.07) is 23.9. The second kappa shape index (κ2) is 16.5. The summed E-state index contributed by atoms with van der Waals surface area (Å²) in [5.74, 6) is -0.0749. The van der Waals surface area contributed by atoms with Gasteiger partial charge in [0.05, 0.1) is 24.5 Å². The van der Waals surface area contributed by atoms with Gasteiger partial charge in [-0.1, -0.05) is 68.3 Å². The first kappa shape index (κ1) is 31.8. The molecule has 0 spiro atoms. The third-order valence-corrected chi connectivity index (χ3v) is 8.08. The molecule has 43 heavy (non-hydrogen) atoms. The second-order valence-electron chi connectivity index (χ2n) is 10.2. The number of amidine groups is 1. The van der Waals surface area contributed by atoms with Crippen LogP contribution in [0.4, 0.5) is 11.4 Å². The highest BCUT2D eigenvalue weighted by Crippen LogP contribution is 2.30. The van der Waals surface area contributed by atoms with Gasteiger partial charge in [0.2, 0.25) is 11.8 Å². The zero-order valence-electron chi connectivity index (χ0n) is 24.8. The largest absolute Gasteiger partial charge is 0.494 e. The van der Waals surface area contributed by atoms with Gasteiger partial charge < -0.3 is 14.8 Å².